The molecule has 0 atom stereocenters. The van der Waals surface area contributed by atoms with Crippen LogP contribution in [0, 0.1) is 13.8 Å². The molecule has 2 heterocycles. The number of fused-ring (bicyclic) bond motifs is 1. The van der Waals surface area contributed by atoms with E-state index in [0.29, 0.717) is 0 Å². The Kier molecular flexibility index (Phi) is 2.67. The summed E-state index contributed by atoms with van der Waals surface area (Å²) in [4.78, 5) is 4.42. The molecule has 0 amide bonds. The highest BCUT2D eigenvalue weighted by atomic mass is 79.9. The van der Waals surface area contributed by atoms with Crippen LogP contribution in [0.2, 0.25) is 0 Å². The SMILES string of the molecule is Cc1ccccc1-c1ccc2nc(C)c(Br)n2n1. The molecule has 0 spiro atoms. The lowest BCUT2D eigenvalue weighted by molar-refractivity contribution is 0.918. The molecule has 0 aliphatic heterocycles. The second kappa shape index (κ2) is 4.21. The third kappa shape index (κ3) is 1.73. The standard InChI is InChI=1S/C14H12BrN3/c1-9-5-3-4-6-11(9)12-7-8-13-16-10(2)14(15)18(13)17-12/h3-8H,1-2H3. The predicted octanol–water partition coefficient (Wildman–Crippen LogP) is 3.78. The van der Waals surface area contributed by atoms with E-state index in [1.54, 1.807) is 0 Å². The van der Waals surface area contributed by atoms with Crippen molar-refractivity contribution in [2.75, 3.05) is 0 Å². The van der Waals surface area contributed by atoms with Gasteiger partial charge in [-0.3, -0.25) is 0 Å². The Bertz CT molecular complexity index is 731. The number of halogens is 1. The van der Waals surface area contributed by atoms with Gasteiger partial charge in [-0.05, 0) is 47.5 Å². The maximum atomic E-state index is 4.63. The average Bonchev–Trinajstić information content (AvgIpc) is 2.66. The lowest BCUT2D eigenvalue weighted by Crippen LogP contribution is -1.95. The monoisotopic (exact) mass is 301 g/mol. The second-order valence-corrected chi connectivity index (χ2v) is 5.04. The number of aryl methyl sites for hydroxylation is 2. The first-order valence-electron chi connectivity index (χ1n) is 5.75. The normalized spacial score (nSPS) is 11.1. The summed E-state index contributed by atoms with van der Waals surface area (Å²) in [6.07, 6.45) is 0. The number of benzene rings is 1. The van der Waals surface area contributed by atoms with Crippen molar-refractivity contribution in [1.29, 1.82) is 0 Å². The largest absolute Gasteiger partial charge is 0.231 e. The quantitative estimate of drug-likeness (QED) is 0.685. The Labute approximate surface area is 114 Å². The predicted molar refractivity (Wildman–Crippen MR) is 75.6 cm³/mol. The van der Waals surface area contributed by atoms with Crippen LogP contribution in [0.5, 0.6) is 0 Å². The van der Waals surface area contributed by atoms with Gasteiger partial charge in [-0.2, -0.15) is 5.10 Å². The van der Waals surface area contributed by atoms with Gasteiger partial charge in [-0.15, -0.1) is 0 Å². The molecule has 0 saturated carbocycles. The number of aromatic nitrogens is 3. The molecule has 0 unspecified atom stereocenters. The summed E-state index contributed by atoms with van der Waals surface area (Å²) < 4.78 is 2.74. The van der Waals surface area contributed by atoms with E-state index < -0.39 is 0 Å². The van der Waals surface area contributed by atoms with Gasteiger partial charge in [0.2, 0.25) is 0 Å². The molecular formula is C14H12BrN3. The van der Waals surface area contributed by atoms with E-state index in [0.717, 1.165) is 27.2 Å². The first-order valence-corrected chi connectivity index (χ1v) is 6.54. The third-order valence-corrected chi connectivity index (χ3v) is 3.91. The minimum Gasteiger partial charge on any atom is -0.231 e. The maximum absolute atomic E-state index is 4.63. The van der Waals surface area contributed by atoms with Gasteiger partial charge < -0.3 is 0 Å². The molecule has 0 saturated heterocycles. The van der Waals surface area contributed by atoms with Crippen LogP contribution in [0.3, 0.4) is 0 Å². The molecule has 0 fully saturated rings. The lowest BCUT2D eigenvalue weighted by Gasteiger charge is -2.05. The van der Waals surface area contributed by atoms with Crippen LogP contribution in [-0.2, 0) is 0 Å². The van der Waals surface area contributed by atoms with Crippen molar-refractivity contribution in [2.24, 2.45) is 0 Å². The van der Waals surface area contributed by atoms with Crippen LogP contribution in [0.4, 0.5) is 0 Å². The zero-order chi connectivity index (χ0) is 12.7. The average molecular weight is 302 g/mol. The van der Waals surface area contributed by atoms with Crippen LogP contribution in [-0.4, -0.2) is 14.6 Å². The van der Waals surface area contributed by atoms with Crippen LogP contribution in [0.25, 0.3) is 16.9 Å². The highest BCUT2D eigenvalue weighted by Crippen LogP contribution is 2.23. The Hall–Kier alpha value is -1.68. The van der Waals surface area contributed by atoms with Crippen molar-refractivity contribution in [3.05, 3.63) is 52.3 Å². The molecule has 3 nitrogen and oxygen atoms in total. The summed E-state index contributed by atoms with van der Waals surface area (Å²) in [6, 6.07) is 12.2. The van der Waals surface area contributed by atoms with Gasteiger partial charge in [0, 0.05) is 5.56 Å². The molecular weight excluding hydrogens is 290 g/mol. The molecule has 0 aliphatic rings. The first kappa shape index (κ1) is 11.4. The van der Waals surface area contributed by atoms with Gasteiger partial charge in [-0.25, -0.2) is 9.50 Å². The molecule has 18 heavy (non-hydrogen) atoms. The van der Waals surface area contributed by atoms with E-state index >= 15 is 0 Å². The number of rotatable bonds is 1. The van der Waals surface area contributed by atoms with E-state index in [9.17, 15) is 0 Å². The van der Waals surface area contributed by atoms with Crippen LogP contribution in [0.15, 0.2) is 41.0 Å². The fraction of sp³-hybridized carbons (Fsp3) is 0.143. The van der Waals surface area contributed by atoms with Crippen LogP contribution >= 0.6 is 15.9 Å². The van der Waals surface area contributed by atoms with Gasteiger partial charge in [-0.1, -0.05) is 24.3 Å². The molecule has 4 heteroatoms. The van der Waals surface area contributed by atoms with Gasteiger partial charge in [0.15, 0.2) is 5.65 Å². The zero-order valence-electron chi connectivity index (χ0n) is 10.2. The van der Waals surface area contributed by atoms with Crippen molar-refractivity contribution in [3.63, 3.8) is 0 Å². The minimum atomic E-state index is 0.858. The molecule has 0 aliphatic carbocycles. The van der Waals surface area contributed by atoms with E-state index in [-0.39, 0.29) is 0 Å². The number of nitrogens with zero attached hydrogens (tertiary/aromatic N) is 3. The van der Waals surface area contributed by atoms with E-state index in [1.807, 2.05) is 35.7 Å². The van der Waals surface area contributed by atoms with Crippen molar-refractivity contribution in [1.82, 2.24) is 14.6 Å². The minimum absolute atomic E-state index is 0.858. The maximum Gasteiger partial charge on any atom is 0.155 e. The Balaban J connectivity index is 2.25. The van der Waals surface area contributed by atoms with Crippen molar-refractivity contribution in [2.45, 2.75) is 13.8 Å². The van der Waals surface area contributed by atoms with E-state index in [4.69, 9.17) is 0 Å². The topological polar surface area (TPSA) is 30.2 Å². The smallest absolute Gasteiger partial charge is 0.155 e. The zero-order valence-corrected chi connectivity index (χ0v) is 11.8. The molecule has 1 aromatic carbocycles. The molecule has 0 N–H and O–H groups in total. The van der Waals surface area contributed by atoms with Crippen molar-refractivity contribution >= 4 is 21.6 Å². The molecule has 3 aromatic rings. The highest BCUT2D eigenvalue weighted by molar-refractivity contribution is 9.10. The summed E-state index contributed by atoms with van der Waals surface area (Å²) in [5, 5.41) is 4.63. The van der Waals surface area contributed by atoms with E-state index in [1.165, 1.54) is 5.56 Å². The van der Waals surface area contributed by atoms with Crippen molar-refractivity contribution < 1.29 is 0 Å². The molecule has 90 valence electrons. The number of hydrogen-bond acceptors (Lipinski definition) is 2. The molecule has 0 radical (unpaired) electrons. The van der Waals surface area contributed by atoms with Crippen LogP contribution < -0.4 is 0 Å². The number of hydrogen-bond donors (Lipinski definition) is 0. The van der Waals surface area contributed by atoms with E-state index in [2.05, 4.69) is 45.1 Å². The Morgan fingerprint density at radius 3 is 2.61 bits per heavy atom. The summed E-state index contributed by atoms with van der Waals surface area (Å²) in [5.41, 5.74) is 5.13. The summed E-state index contributed by atoms with van der Waals surface area (Å²) in [5.74, 6) is 0. The summed E-state index contributed by atoms with van der Waals surface area (Å²) in [6.45, 7) is 4.06. The van der Waals surface area contributed by atoms with Crippen molar-refractivity contribution in [3.8, 4) is 11.3 Å². The first-order chi connectivity index (χ1) is 8.66. The van der Waals surface area contributed by atoms with Crippen LogP contribution in [0.1, 0.15) is 11.3 Å². The summed E-state index contributed by atoms with van der Waals surface area (Å²) >= 11 is 3.51. The highest BCUT2D eigenvalue weighted by Gasteiger charge is 2.09. The summed E-state index contributed by atoms with van der Waals surface area (Å²) in [7, 11) is 0. The van der Waals surface area contributed by atoms with Gasteiger partial charge in [0.1, 0.15) is 4.60 Å². The fourth-order valence-corrected chi connectivity index (χ4v) is 2.37. The Morgan fingerprint density at radius 2 is 1.83 bits per heavy atom. The number of imidazole rings is 1. The lowest BCUT2D eigenvalue weighted by atomic mass is 10.1. The Morgan fingerprint density at radius 1 is 1.06 bits per heavy atom. The fourth-order valence-electron chi connectivity index (χ4n) is 2.02. The molecule has 2 aromatic heterocycles. The van der Waals surface area contributed by atoms with Gasteiger partial charge in [0.05, 0.1) is 11.4 Å². The third-order valence-electron chi connectivity index (χ3n) is 3.00. The molecule has 3 rings (SSSR count). The van der Waals surface area contributed by atoms with Gasteiger partial charge in [0.25, 0.3) is 0 Å². The van der Waals surface area contributed by atoms with Gasteiger partial charge >= 0.3 is 0 Å². The molecule has 0 bridgehead atoms. The second-order valence-electron chi connectivity index (χ2n) is 4.29.